The van der Waals surface area contributed by atoms with Gasteiger partial charge in [0.25, 0.3) is 10.9 Å². The van der Waals surface area contributed by atoms with Crippen molar-refractivity contribution in [2.24, 2.45) is 0 Å². The van der Waals surface area contributed by atoms with Crippen molar-refractivity contribution in [2.75, 3.05) is 0 Å². The predicted molar refractivity (Wildman–Crippen MR) is 75.0 cm³/mol. The average molecular weight is 380 g/mol. The smallest absolute Gasteiger partial charge is 0.349 e. The van der Waals surface area contributed by atoms with Crippen LogP contribution in [0.1, 0.15) is 9.67 Å². The topological polar surface area (TPSA) is 103 Å². The molecule has 20 heavy (non-hydrogen) atoms. The molecule has 0 aliphatic carbocycles. The number of aromatic nitrogens is 1. The zero-order valence-corrected chi connectivity index (χ0v) is 12.5. The minimum Gasteiger partial charge on any atom is -0.477 e. The minimum atomic E-state index is -1.22. The molecule has 0 saturated carbocycles. The van der Waals surface area contributed by atoms with Crippen LogP contribution in [0.15, 0.2) is 22.7 Å². The molecule has 0 aliphatic rings. The van der Waals surface area contributed by atoms with Crippen LogP contribution in [0.5, 0.6) is 10.9 Å². The molecule has 0 amide bonds. The number of nitrogens with zero attached hydrogens (tertiary/aromatic N) is 2. The van der Waals surface area contributed by atoms with Crippen molar-refractivity contribution in [1.82, 2.24) is 4.98 Å². The number of benzene rings is 1. The molecule has 2 rings (SSSR count). The van der Waals surface area contributed by atoms with E-state index in [0.717, 1.165) is 11.3 Å². The molecule has 0 atom stereocenters. The van der Waals surface area contributed by atoms with Gasteiger partial charge in [-0.25, -0.2) is 4.79 Å². The number of aromatic carboxylic acids is 1. The third-order valence-corrected chi connectivity index (χ3v) is 4.20. The Morgan fingerprint density at radius 2 is 2.25 bits per heavy atom. The maximum atomic E-state index is 10.8. The summed E-state index contributed by atoms with van der Waals surface area (Å²) in [6, 6.07) is 4.22. The van der Waals surface area contributed by atoms with Crippen molar-refractivity contribution >= 4 is 50.5 Å². The number of carboxylic acid groups (broad SMARTS) is 1. The number of nitro groups is 1. The van der Waals surface area contributed by atoms with E-state index in [1.807, 2.05) is 0 Å². The molecule has 2 aromatic rings. The lowest BCUT2D eigenvalue weighted by atomic mass is 10.3. The average Bonchev–Trinajstić information content (AvgIpc) is 2.72. The Morgan fingerprint density at radius 1 is 1.55 bits per heavy atom. The molecule has 0 saturated heterocycles. The van der Waals surface area contributed by atoms with Gasteiger partial charge in [0.05, 0.1) is 4.92 Å². The number of thiazole rings is 1. The van der Waals surface area contributed by atoms with Crippen LogP contribution in [0, 0.1) is 10.1 Å². The summed E-state index contributed by atoms with van der Waals surface area (Å²) in [5.74, 6) is -1.08. The second kappa shape index (κ2) is 5.73. The molecule has 0 spiro atoms. The van der Waals surface area contributed by atoms with Crippen molar-refractivity contribution in [3.05, 3.63) is 42.8 Å². The van der Waals surface area contributed by atoms with Crippen LogP contribution in [0.25, 0.3) is 0 Å². The van der Waals surface area contributed by atoms with Gasteiger partial charge in [-0.1, -0.05) is 29.0 Å². The Kier molecular flexibility index (Phi) is 4.21. The molecular formula is C10H4BrClN2O5S. The van der Waals surface area contributed by atoms with Gasteiger partial charge in [0.2, 0.25) is 0 Å². The molecule has 1 heterocycles. The van der Waals surface area contributed by atoms with Gasteiger partial charge in [0, 0.05) is 6.07 Å². The molecule has 1 aromatic carbocycles. The monoisotopic (exact) mass is 378 g/mol. The number of hydrogen-bond acceptors (Lipinski definition) is 6. The zero-order chi connectivity index (χ0) is 14.9. The largest absolute Gasteiger partial charge is 0.477 e. The molecule has 0 bridgehead atoms. The Balaban J connectivity index is 2.35. The molecule has 10 heteroatoms. The van der Waals surface area contributed by atoms with E-state index in [0.29, 0.717) is 0 Å². The first-order valence-corrected chi connectivity index (χ1v) is 6.89. The number of carboxylic acids is 1. The second-order valence-electron chi connectivity index (χ2n) is 3.35. The summed E-state index contributed by atoms with van der Waals surface area (Å²) >= 11 is 9.43. The lowest BCUT2D eigenvalue weighted by Gasteiger charge is -2.04. The summed E-state index contributed by atoms with van der Waals surface area (Å²) < 4.78 is 5.45. The van der Waals surface area contributed by atoms with Crippen molar-refractivity contribution in [3.8, 4) is 10.9 Å². The zero-order valence-electron chi connectivity index (χ0n) is 9.37. The summed E-state index contributed by atoms with van der Waals surface area (Å²) in [4.78, 5) is 24.6. The molecule has 104 valence electrons. The fourth-order valence-electron chi connectivity index (χ4n) is 1.27. The molecule has 0 radical (unpaired) electrons. The van der Waals surface area contributed by atoms with Gasteiger partial charge in [-0.2, -0.15) is 4.98 Å². The highest BCUT2D eigenvalue weighted by Gasteiger charge is 2.20. The van der Waals surface area contributed by atoms with E-state index in [1.54, 1.807) is 0 Å². The van der Waals surface area contributed by atoms with Crippen LogP contribution in [0.4, 0.5) is 5.69 Å². The SMILES string of the molecule is O=C(O)c1sc(Oc2cccc([N+](=O)[O-])c2Br)nc1Cl. The normalized spacial score (nSPS) is 10.3. The van der Waals surface area contributed by atoms with Gasteiger partial charge >= 0.3 is 5.97 Å². The first kappa shape index (κ1) is 14.7. The quantitative estimate of drug-likeness (QED) is 0.637. The third kappa shape index (κ3) is 2.89. The highest BCUT2D eigenvalue weighted by molar-refractivity contribution is 9.10. The van der Waals surface area contributed by atoms with Crippen molar-refractivity contribution in [3.63, 3.8) is 0 Å². The standard InChI is InChI=1S/C10H4BrClN2O5S/c11-6-4(14(17)18)2-1-3-5(6)19-10-13-8(12)7(20-10)9(15)16/h1-3H,(H,15,16). The van der Waals surface area contributed by atoms with Crippen LogP contribution >= 0.6 is 38.9 Å². The van der Waals surface area contributed by atoms with Gasteiger partial charge in [-0.05, 0) is 22.0 Å². The maximum absolute atomic E-state index is 10.8. The van der Waals surface area contributed by atoms with E-state index in [-0.39, 0.29) is 31.1 Å². The lowest BCUT2D eigenvalue weighted by Crippen LogP contribution is -1.92. The summed E-state index contributed by atoms with van der Waals surface area (Å²) in [7, 11) is 0. The highest BCUT2D eigenvalue weighted by atomic mass is 79.9. The van der Waals surface area contributed by atoms with Crippen molar-refractivity contribution in [2.45, 2.75) is 0 Å². The van der Waals surface area contributed by atoms with E-state index in [2.05, 4.69) is 20.9 Å². The Morgan fingerprint density at radius 3 is 2.80 bits per heavy atom. The van der Waals surface area contributed by atoms with Crippen LogP contribution in [0.3, 0.4) is 0 Å². The van der Waals surface area contributed by atoms with E-state index in [9.17, 15) is 14.9 Å². The van der Waals surface area contributed by atoms with Gasteiger partial charge in [-0.3, -0.25) is 10.1 Å². The van der Waals surface area contributed by atoms with Gasteiger partial charge in [-0.15, -0.1) is 0 Å². The second-order valence-corrected chi connectivity index (χ2v) is 5.47. The summed E-state index contributed by atoms with van der Waals surface area (Å²) in [5.41, 5.74) is -0.177. The molecular weight excluding hydrogens is 376 g/mol. The van der Waals surface area contributed by atoms with E-state index >= 15 is 0 Å². The minimum absolute atomic E-state index is 0.0198. The van der Waals surface area contributed by atoms with Crippen molar-refractivity contribution in [1.29, 1.82) is 0 Å². The van der Waals surface area contributed by atoms with Crippen LogP contribution in [0.2, 0.25) is 5.15 Å². The molecule has 1 aromatic heterocycles. The maximum Gasteiger partial charge on any atom is 0.349 e. The fraction of sp³-hybridized carbons (Fsp3) is 0. The highest BCUT2D eigenvalue weighted by Crippen LogP contribution is 2.38. The fourth-order valence-corrected chi connectivity index (χ4v) is 2.75. The predicted octanol–water partition coefficient (Wildman–Crippen LogP) is 3.96. The van der Waals surface area contributed by atoms with Crippen LogP contribution < -0.4 is 4.74 Å². The number of carbonyl (C=O) groups is 1. The molecule has 0 aliphatic heterocycles. The number of halogens is 2. The number of nitro benzene ring substituents is 1. The van der Waals surface area contributed by atoms with Gasteiger partial charge in [0.15, 0.2) is 15.8 Å². The number of ether oxygens (including phenoxy) is 1. The van der Waals surface area contributed by atoms with E-state index < -0.39 is 10.9 Å². The Hall–Kier alpha value is -1.71. The Bertz CT molecular complexity index is 705. The van der Waals surface area contributed by atoms with E-state index in [1.165, 1.54) is 18.2 Å². The molecule has 0 fully saturated rings. The number of rotatable bonds is 4. The van der Waals surface area contributed by atoms with Crippen LogP contribution in [-0.2, 0) is 0 Å². The molecule has 0 unspecified atom stereocenters. The third-order valence-electron chi connectivity index (χ3n) is 2.10. The number of hydrogen-bond donors (Lipinski definition) is 1. The van der Waals surface area contributed by atoms with Crippen molar-refractivity contribution < 1.29 is 19.6 Å². The molecule has 1 N–H and O–H groups in total. The first-order valence-electron chi connectivity index (χ1n) is 4.90. The first-order chi connectivity index (χ1) is 9.40. The lowest BCUT2D eigenvalue weighted by molar-refractivity contribution is -0.385. The van der Waals surface area contributed by atoms with Crippen LogP contribution in [-0.4, -0.2) is 21.0 Å². The summed E-state index contributed by atoms with van der Waals surface area (Å²) in [5, 5.41) is 19.4. The summed E-state index contributed by atoms with van der Waals surface area (Å²) in [6.07, 6.45) is 0. The Labute approximate surface area is 129 Å². The van der Waals surface area contributed by atoms with Gasteiger partial charge in [0.1, 0.15) is 4.47 Å². The van der Waals surface area contributed by atoms with E-state index in [4.69, 9.17) is 21.4 Å². The summed E-state index contributed by atoms with van der Waals surface area (Å²) in [6.45, 7) is 0. The van der Waals surface area contributed by atoms with Gasteiger partial charge < -0.3 is 9.84 Å². The molecule has 7 nitrogen and oxygen atoms in total.